The molecule has 6 heteroatoms. The molecule has 15 aromatic carbocycles. The van der Waals surface area contributed by atoms with E-state index in [0.29, 0.717) is 0 Å². The van der Waals surface area contributed by atoms with Gasteiger partial charge in [-0.2, -0.15) is 0 Å². The van der Waals surface area contributed by atoms with Gasteiger partial charge >= 0.3 is 0 Å². The van der Waals surface area contributed by atoms with Crippen molar-refractivity contribution in [2.24, 2.45) is 0 Å². The van der Waals surface area contributed by atoms with Gasteiger partial charge in [0.1, 0.15) is 0 Å². The minimum absolute atomic E-state index is 0.0738. The maximum atomic E-state index is 8.18. The van der Waals surface area contributed by atoms with Crippen molar-refractivity contribution in [3.8, 4) is 50.4 Å². The van der Waals surface area contributed by atoms with Crippen LogP contribution < -0.4 is 9.80 Å². The minimum Gasteiger partial charge on any atom is -0.452 e. The summed E-state index contributed by atoms with van der Waals surface area (Å²) in [6.07, 6.45) is 0. The number of fused-ring (bicyclic) bond motifs is 16. The van der Waals surface area contributed by atoms with Crippen LogP contribution in [0, 0.1) is 0 Å². The number of furan rings is 1. The van der Waals surface area contributed by atoms with Crippen molar-refractivity contribution in [1.82, 2.24) is 13.7 Å². The Labute approximate surface area is 788 Å². The van der Waals surface area contributed by atoms with Crippen LogP contribution in [0.4, 0.5) is 34.1 Å². The molecule has 0 bridgehead atoms. The summed E-state index contributed by atoms with van der Waals surface area (Å²) in [6.45, 7) is 63.5. The summed E-state index contributed by atoms with van der Waals surface area (Å²) in [6, 6.07) is 113. The molecule has 1 unspecified atom stereocenters. The molecule has 133 heavy (non-hydrogen) atoms. The van der Waals surface area contributed by atoms with Crippen molar-refractivity contribution in [1.29, 1.82) is 0 Å². The predicted molar refractivity (Wildman–Crippen MR) is 572 cm³/mol. The van der Waals surface area contributed by atoms with Gasteiger partial charge in [-0.3, -0.25) is 0 Å². The van der Waals surface area contributed by atoms with Crippen molar-refractivity contribution >= 4 is 121 Å². The molecule has 0 amide bonds. The summed E-state index contributed by atoms with van der Waals surface area (Å²) < 4.78 is 15.9. The fourth-order valence-corrected chi connectivity index (χ4v) is 21.4. The topological polar surface area (TPSA) is 34.4 Å². The molecule has 4 aromatic heterocycles. The fourth-order valence-electron chi connectivity index (χ4n) is 21.4. The zero-order chi connectivity index (χ0) is 93.7. The Kier molecular flexibility index (Phi) is 19.4. The molecule has 668 valence electrons. The number of hydrogen-bond donors (Lipinski definition) is 0. The lowest BCUT2D eigenvalue weighted by molar-refractivity contribution is 0.569. The summed E-state index contributed by atoms with van der Waals surface area (Å²) in [5.41, 5.74) is 39.0. The van der Waals surface area contributed by atoms with Crippen LogP contribution in [0.2, 0.25) is 0 Å². The second-order valence-corrected chi connectivity index (χ2v) is 48.0. The van der Waals surface area contributed by atoms with Crippen LogP contribution in [-0.4, -0.2) is 13.7 Å². The molecule has 2 aliphatic heterocycles. The molecule has 2 aliphatic rings. The third-order valence-electron chi connectivity index (χ3n) is 29.4. The van der Waals surface area contributed by atoms with Gasteiger partial charge in [0.25, 0.3) is 0 Å². The first-order valence-corrected chi connectivity index (χ1v) is 48.4. The highest BCUT2D eigenvalue weighted by Gasteiger charge is 2.45. The summed E-state index contributed by atoms with van der Waals surface area (Å²) in [5, 5.41) is 9.51. The maximum absolute atomic E-state index is 8.18. The third-order valence-corrected chi connectivity index (χ3v) is 29.4. The Morgan fingerprint density at radius 2 is 0.526 bits per heavy atom. The van der Waals surface area contributed by atoms with E-state index in [1.165, 1.54) is 116 Å². The van der Waals surface area contributed by atoms with Crippen LogP contribution in [0.15, 0.2) is 290 Å². The van der Waals surface area contributed by atoms with Gasteiger partial charge in [-0.05, 0) is 260 Å². The molecule has 0 spiro atoms. The van der Waals surface area contributed by atoms with Gasteiger partial charge < -0.3 is 27.9 Å². The Morgan fingerprint density at radius 3 is 0.910 bits per heavy atom. The Bertz CT molecular complexity index is 7730. The lowest BCUT2D eigenvalue weighted by Crippen LogP contribution is -2.30. The molecule has 1 atom stereocenters. The first kappa shape index (κ1) is 86.8. The Hall–Kier alpha value is -12.9. The van der Waals surface area contributed by atoms with Gasteiger partial charge in [0, 0.05) is 71.4 Å². The SMILES string of the molecule is CC(C)(C)c1cc(-c2ccc3c(c2)N(c2cccc4c2oc2c(-n5c6ccc(C(C)(C)C)cc6c6cc(C(C)(C)C)ccc65)cccc24)c2cc(-n4c5ccc(C(C)(C)C)cc5c5cc(C(C)(C)C)ccc54)cc4c2C3c2ccc(-n3c5ccc(C(C)(C)C)cc5c5cc(C(C)(C)C)ccc53)cc2N4c2c(-c3ccccc3)cc(C(C)(C)C)cc2-c2ccccc2)cc(C(C)(C)C)c1. The van der Waals surface area contributed by atoms with Crippen LogP contribution in [0.3, 0.4) is 0 Å². The molecule has 0 saturated carbocycles. The molecule has 0 radical (unpaired) electrons. The quantitative estimate of drug-likeness (QED) is 0.152. The molecular weight excluding hydrogens is 1610 g/mol. The highest BCUT2D eigenvalue weighted by molar-refractivity contribution is 6.18. The van der Waals surface area contributed by atoms with E-state index < -0.39 is 0 Å². The van der Waals surface area contributed by atoms with Crippen molar-refractivity contribution in [3.63, 3.8) is 0 Å². The van der Waals surface area contributed by atoms with Crippen LogP contribution in [0.25, 0.3) is 138 Å². The Balaban J connectivity index is 0.950. The van der Waals surface area contributed by atoms with Crippen molar-refractivity contribution in [2.75, 3.05) is 9.80 Å². The van der Waals surface area contributed by atoms with Gasteiger partial charge in [0.05, 0.1) is 78.6 Å². The molecule has 0 aliphatic carbocycles. The van der Waals surface area contributed by atoms with E-state index in [2.05, 4.69) is 496 Å². The van der Waals surface area contributed by atoms with E-state index in [-0.39, 0.29) is 54.7 Å². The van der Waals surface area contributed by atoms with Crippen LogP contribution in [0.5, 0.6) is 0 Å². The fraction of sp³-hybridized carbons (Fsp3) is 0.291. The normalized spacial score (nSPS) is 14.3. The number of nitrogens with zero attached hydrogens (tertiary/aromatic N) is 5. The number of para-hydroxylation sites is 2. The zero-order valence-electron chi connectivity index (χ0n) is 83.4. The first-order valence-electron chi connectivity index (χ1n) is 48.4. The molecular formula is C127H129N5O. The number of rotatable bonds is 8. The average Bonchev–Trinajstić information content (AvgIpc) is 0.762. The summed E-state index contributed by atoms with van der Waals surface area (Å²) >= 11 is 0. The predicted octanol–water partition coefficient (Wildman–Crippen LogP) is 36.3. The van der Waals surface area contributed by atoms with Crippen molar-refractivity contribution in [3.05, 3.63) is 352 Å². The van der Waals surface area contributed by atoms with Crippen LogP contribution in [0.1, 0.15) is 260 Å². The van der Waals surface area contributed by atoms with Crippen molar-refractivity contribution < 1.29 is 4.42 Å². The number of hydrogen-bond acceptors (Lipinski definition) is 3. The second kappa shape index (κ2) is 29.8. The van der Waals surface area contributed by atoms with E-state index in [9.17, 15) is 0 Å². The van der Waals surface area contributed by atoms with E-state index in [0.717, 1.165) is 123 Å². The number of anilines is 6. The zero-order valence-corrected chi connectivity index (χ0v) is 83.4. The lowest BCUT2D eigenvalue weighted by atomic mass is 9.74. The molecule has 0 saturated heterocycles. The summed E-state index contributed by atoms with van der Waals surface area (Å²) in [5.74, 6) is -0.335. The van der Waals surface area contributed by atoms with Gasteiger partial charge in [0.2, 0.25) is 0 Å². The van der Waals surface area contributed by atoms with Crippen LogP contribution >= 0.6 is 0 Å². The summed E-state index contributed by atoms with van der Waals surface area (Å²) in [4.78, 5) is 5.43. The van der Waals surface area contributed by atoms with E-state index in [4.69, 9.17) is 4.42 Å². The van der Waals surface area contributed by atoms with Gasteiger partial charge in [-0.15, -0.1) is 0 Å². The largest absolute Gasteiger partial charge is 0.452 e. The monoisotopic (exact) mass is 1740 g/mol. The van der Waals surface area contributed by atoms with E-state index >= 15 is 0 Å². The van der Waals surface area contributed by atoms with Gasteiger partial charge in [-0.1, -0.05) is 345 Å². The van der Waals surface area contributed by atoms with Gasteiger partial charge in [-0.25, -0.2) is 0 Å². The molecule has 21 rings (SSSR count). The molecule has 0 N–H and O–H groups in total. The van der Waals surface area contributed by atoms with E-state index in [1.54, 1.807) is 0 Å². The third kappa shape index (κ3) is 14.4. The first-order chi connectivity index (χ1) is 62.6. The lowest BCUT2D eigenvalue weighted by Gasteiger charge is -2.46. The molecule has 19 aromatic rings. The Morgan fingerprint density at radius 1 is 0.203 bits per heavy atom. The smallest absolute Gasteiger partial charge is 0.159 e. The molecule has 6 nitrogen and oxygen atoms in total. The van der Waals surface area contributed by atoms with Crippen molar-refractivity contribution in [2.45, 2.75) is 242 Å². The molecule has 0 fully saturated rings. The number of aromatic nitrogens is 3. The van der Waals surface area contributed by atoms with Crippen LogP contribution in [-0.2, 0) is 48.7 Å². The summed E-state index contributed by atoms with van der Waals surface area (Å²) in [7, 11) is 0. The minimum atomic E-state index is -0.335. The van der Waals surface area contributed by atoms with E-state index in [1.807, 2.05) is 0 Å². The second-order valence-electron chi connectivity index (χ2n) is 48.0. The highest BCUT2D eigenvalue weighted by Crippen LogP contribution is 2.65. The molecule has 6 heterocycles. The average molecular weight is 1740 g/mol. The highest BCUT2D eigenvalue weighted by atomic mass is 16.3. The van der Waals surface area contributed by atoms with Gasteiger partial charge in [0.15, 0.2) is 11.2 Å². The standard InChI is InChI=1S/C127H129N5O/c1-119(2,3)79-45-54-102-96(64-79)97-65-80(120(4,5)6)46-55-103(97)128(102)88-51-53-93-111(72-88)132(116-94(75-36-30-28-31-37-75)70-87(127(25,26)27)71-95(116)76-38-32-29-33-39-76)113-74-89(129-104-56-47-81(121(7,8)9)66-98(104)99-67-82(122(10,11)12)48-57-105(99)129)73-112-115(113)114(93)92-52-44-77(78-60-85(125(19,20)21)63-86(61-78)126(22,23)24)62-110(92)131(112)109-43-35-41-91-90-40-34-42-108(117(90)133-118(91)109)130-106-58-49-83(123(13,14)15)68-100(106)101-69-84(124(16,17)18)50-59-107(101)130/h28-74,114H,1-27H3. The number of benzene rings is 15. The maximum Gasteiger partial charge on any atom is 0.159 e.